The number of hydrogen-bond donors (Lipinski definition) is 1. The van der Waals surface area contributed by atoms with Crippen LogP contribution in [0.4, 0.5) is 4.39 Å². The van der Waals surface area contributed by atoms with E-state index in [0.29, 0.717) is 24.5 Å². The van der Waals surface area contributed by atoms with Crippen molar-refractivity contribution in [3.05, 3.63) is 35.1 Å². The number of hydrazone groups is 1. The highest BCUT2D eigenvalue weighted by Gasteiger charge is 2.26. The minimum atomic E-state index is -0.242. The first-order chi connectivity index (χ1) is 8.76. The zero-order valence-electron chi connectivity index (χ0n) is 10.1. The Bertz CT molecular complexity index is 470. The number of benzene rings is 1. The molecule has 1 N–H and O–H groups in total. The van der Waals surface area contributed by atoms with Gasteiger partial charge in [-0.15, -0.1) is 5.10 Å². The predicted molar refractivity (Wildman–Crippen MR) is 65.7 cm³/mol. The fraction of sp³-hybridized carbons (Fsp3) is 0.385. The highest BCUT2D eigenvalue weighted by molar-refractivity contribution is 5.94. The van der Waals surface area contributed by atoms with Crippen molar-refractivity contribution in [3.63, 3.8) is 0 Å². The fourth-order valence-corrected chi connectivity index (χ4v) is 1.79. The average Bonchev–Trinajstić information content (AvgIpc) is 3.18. The standard InChI is InChI=1S/C13H15FN2O2/c1-2-18-13(16-15-8-17)10-5-6-11(9-3-4-9)12(14)7-10/h5-9H,2-4H2,1H3,(H,15,17)/b16-13-. The molecule has 0 saturated heterocycles. The van der Waals surface area contributed by atoms with Gasteiger partial charge in [-0.2, -0.15) is 0 Å². The average molecular weight is 250 g/mol. The van der Waals surface area contributed by atoms with Crippen LogP contribution in [0.25, 0.3) is 0 Å². The molecule has 1 saturated carbocycles. The van der Waals surface area contributed by atoms with E-state index in [1.807, 2.05) is 0 Å². The van der Waals surface area contributed by atoms with E-state index < -0.39 is 0 Å². The summed E-state index contributed by atoms with van der Waals surface area (Å²) in [6.07, 6.45) is 2.54. The molecule has 0 heterocycles. The molecule has 4 nitrogen and oxygen atoms in total. The highest BCUT2D eigenvalue weighted by atomic mass is 19.1. The lowest BCUT2D eigenvalue weighted by Crippen LogP contribution is -2.13. The Morgan fingerprint density at radius 3 is 2.94 bits per heavy atom. The van der Waals surface area contributed by atoms with E-state index in [1.165, 1.54) is 6.07 Å². The Hall–Kier alpha value is -1.91. The first-order valence-electron chi connectivity index (χ1n) is 5.95. The predicted octanol–water partition coefficient (Wildman–Crippen LogP) is 2.15. The van der Waals surface area contributed by atoms with E-state index in [0.717, 1.165) is 18.4 Å². The number of hydrogen-bond acceptors (Lipinski definition) is 3. The maximum atomic E-state index is 13.9. The van der Waals surface area contributed by atoms with Gasteiger partial charge in [-0.1, -0.05) is 6.07 Å². The number of carbonyl (C=O) groups is 1. The molecule has 18 heavy (non-hydrogen) atoms. The number of amides is 1. The molecule has 96 valence electrons. The van der Waals surface area contributed by atoms with Crippen molar-refractivity contribution in [1.29, 1.82) is 0 Å². The number of nitrogens with one attached hydrogen (secondary N) is 1. The van der Waals surface area contributed by atoms with Gasteiger partial charge >= 0.3 is 0 Å². The first-order valence-corrected chi connectivity index (χ1v) is 5.95. The Morgan fingerprint density at radius 1 is 1.61 bits per heavy atom. The molecule has 1 amide bonds. The highest BCUT2D eigenvalue weighted by Crippen LogP contribution is 2.41. The van der Waals surface area contributed by atoms with Crippen molar-refractivity contribution >= 4 is 12.3 Å². The molecule has 0 bridgehead atoms. The summed E-state index contributed by atoms with van der Waals surface area (Å²) in [6.45, 7) is 2.19. The van der Waals surface area contributed by atoms with Crippen LogP contribution in [0.5, 0.6) is 0 Å². The number of nitrogens with zero attached hydrogens (tertiary/aromatic N) is 1. The third-order valence-corrected chi connectivity index (χ3v) is 2.76. The molecule has 1 aromatic carbocycles. The lowest BCUT2D eigenvalue weighted by Gasteiger charge is -2.08. The molecule has 5 heteroatoms. The lowest BCUT2D eigenvalue weighted by atomic mass is 10.1. The molecular weight excluding hydrogens is 235 g/mol. The summed E-state index contributed by atoms with van der Waals surface area (Å²) < 4.78 is 19.1. The van der Waals surface area contributed by atoms with E-state index in [1.54, 1.807) is 19.1 Å². The van der Waals surface area contributed by atoms with Crippen molar-refractivity contribution in [1.82, 2.24) is 5.43 Å². The largest absolute Gasteiger partial charge is 0.477 e. The van der Waals surface area contributed by atoms with Crippen LogP contribution in [0.1, 0.15) is 36.8 Å². The monoisotopic (exact) mass is 250 g/mol. The van der Waals surface area contributed by atoms with Gasteiger partial charge in [0.1, 0.15) is 5.82 Å². The van der Waals surface area contributed by atoms with Crippen LogP contribution in [0.3, 0.4) is 0 Å². The number of halogens is 1. The molecule has 0 aromatic heterocycles. The van der Waals surface area contributed by atoms with Gasteiger partial charge < -0.3 is 4.74 Å². The minimum absolute atomic E-state index is 0.214. The normalized spacial score (nSPS) is 15.3. The van der Waals surface area contributed by atoms with E-state index in [4.69, 9.17) is 4.74 Å². The second-order valence-electron chi connectivity index (χ2n) is 4.11. The van der Waals surface area contributed by atoms with Crippen molar-refractivity contribution in [2.45, 2.75) is 25.7 Å². The van der Waals surface area contributed by atoms with Crippen molar-refractivity contribution < 1.29 is 13.9 Å². The molecule has 0 aliphatic heterocycles. The summed E-state index contributed by atoms with van der Waals surface area (Å²) in [5, 5.41) is 3.74. The lowest BCUT2D eigenvalue weighted by molar-refractivity contribution is -0.109. The maximum Gasteiger partial charge on any atom is 0.238 e. The first kappa shape index (κ1) is 12.5. The molecular formula is C13H15FN2O2. The van der Waals surface area contributed by atoms with Gasteiger partial charge in [0.25, 0.3) is 0 Å². The molecule has 1 aliphatic carbocycles. The molecule has 1 fully saturated rings. The zero-order chi connectivity index (χ0) is 13.0. The van der Waals surface area contributed by atoms with E-state index in [-0.39, 0.29) is 11.7 Å². The summed E-state index contributed by atoms with van der Waals surface area (Å²) in [4.78, 5) is 10.2. The van der Waals surface area contributed by atoms with Crippen molar-refractivity contribution in [3.8, 4) is 0 Å². The molecule has 0 unspecified atom stereocenters. The van der Waals surface area contributed by atoms with Crippen LogP contribution >= 0.6 is 0 Å². The third-order valence-electron chi connectivity index (χ3n) is 2.76. The second-order valence-corrected chi connectivity index (χ2v) is 4.11. The van der Waals surface area contributed by atoms with Crippen LogP contribution in [0.2, 0.25) is 0 Å². The molecule has 1 aliphatic rings. The molecule has 0 radical (unpaired) electrons. The van der Waals surface area contributed by atoms with E-state index >= 15 is 0 Å². The topological polar surface area (TPSA) is 50.7 Å². The smallest absolute Gasteiger partial charge is 0.238 e. The number of ether oxygens (including phenoxy) is 1. The second kappa shape index (κ2) is 5.62. The molecule has 1 aromatic rings. The summed E-state index contributed by atoms with van der Waals surface area (Å²) in [5.74, 6) is 0.332. The Morgan fingerprint density at radius 2 is 2.39 bits per heavy atom. The maximum absolute atomic E-state index is 13.9. The number of rotatable bonds is 5. The summed E-state index contributed by atoms with van der Waals surface area (Å²) >= 11 is 0. The van der Waals surface area contributed by atoms with Crippen LogP contribution < -0.4 is 5.43 Å². The Balaban J connectivity index is 2.24. The number of carbonyl (C=O) groups excluding carboxylic acids is 1. The van der Waals surface area contributed by atoms with Gasteiger partial charge in [-0.3, -0.25) is 4.79 Å². The van der Waals surface area contributed by atoms with Gasteiger partial charge in [-0.25, -0.2) is 9.82 Å². The Kier molecular flexibility index (Phi) is 3.92. The van der Waals surface area contributed by atoms with Gasteiger partial charge in [-0.05, 0) is 43.4 Å². The minimum Gasteiger partial charge on any atom is -0.477 e. The van der Waals surface area contributed by atoms with Crippen molar-refractivity contribution in [2.75, 3.05) is 6.61 Å². The van der Waals surface area contributed by atoms with Crippen molar-refractivity contribution in [2.24, 2.45) is 5.10 Å². The van der Waals surface area contributed by atoms with Crippen LogP contribution in [0, 0.1) is 5.82 Å². The van der Waals surface area contributed by atoms with Gasteiger partial charge in [0.05, 0.1) is 6.61 Å². The quantitative estimate of drug-likeness (QED) is 0.377. The van der Waals surface area contributed by atoms with E-state index in [9.17, 15) is 9.18 Å². The van der Waals surface area contributed by atoms with Crippen LogP contribution in [-0.2, 0) is 9.53 Å². The molecule has 0 atom stereocenters. The fourth-order valence-electron chi connectivity index (χ4n) is 1.79. The van der Waals surface area contributed by atoms with Gasteiger partial charge in [0.15, 0.2) is 0 Å². The van der Waals surface area contributed by atoms with Crippen LogP contribution in [-0.4, -0.2) is 18.9 Å². The van der Waals surface area contributed by atoms with E-state index in [2.05, 4.69) is 10.5 Å². The summed E-state index contributed by atoms with van der Waals surface area (Å²) in [6, 6.07) is 4.92. The summed E-state index contributed by atoms with van der Waals surface area (Å²) in [5.41, 5.74) is 3.43. The summed E-state index contributed by atoms with van der Waals surface area (Å²) in [7, 11) is 0. The Labute approximate surface area is 105 Å². The third kappa shape index (κ3) is 2.85. The van der Waals surface area contributed by atoms with Crippen LogP contribution in [0.15, 0.2) is 23.3 Å². The van der Waals surface area contributed by atoms with Gasteiger partial charge in [0, 0.05) is 5.56 Å². The molecule has 0 spiro atoms. The SMILES string of the molecule is CCO/C(=N\NC=O)c1ccc(C2CC2)c(F)c1. The zero-order valence-corrected chi connectivity index (χ0v) is 10.1. The van der Waals surface area contributed by atoms with Gasteiger partial charge in [0.2, 0.25) is 12.3 Å². The molecule has 2 rings (SSSR count).